The van der Waals surface area contributed by atoms with Crippen LogP contribution in [0.25, 0.3) is 11.3 Å². The highest BCUT2D eigenvalue weighted by Gasteiger charge is 2.22. The van der Waals surface area contributed by atoms with Crippen LogP contribution < -0.4 is 9.47 Å². The second kappa shape index (κ2) is 5.24. The molecule has 1 aromatic heterocycles. The molecular formula is C14H15NO5. The molecule has 0 unspecified atom stereocenters. The number of methoxy groups -OCH3 is 2. The minimum atomic E-state index is -1.14. The summed E-state index contributed by atoms with van der Waals surface area (Å²) in [6.45, 7) is 3.79. The summed E-state index contributed by atoms with van der Waals surface area (Å²) < 4.78 is 15.8. The van der Waals surface area contributed by atoms with Gasteiger partial charge in [0, 0.05) is 6.07 Å². The molecule has 2 aromatic rings. The molecule has 0 aliphatic rings. The molecule has 0 amide bonds. The summed E-state index contributed by atoms with van der Waals surface area (Å²) in [6, 6.07) is 3.28. The maximum atomic E-state index is 10.9. The number of ether oxygens (including phenoxy) is 2. The van der Waals surface area contributed by atoms with Crippen LogP contribution in [0.4, 0.5) is 0 Å². The average Bonchev–Trinajstić information content (AvgIpc) is 2.87. The molecule has 6 heteroatoms. The van der Waals surface area contributed by atoms with E-state index < -0.39 is 5.97 Å². The van der Waals surface area contributed by atoms with Crippen molar-refractivity contribution in [3.63, 3.8) is 0 Å². The van der Waals surface area contributed by atoms with E-state index in [-0.39, 0.29) is 5.69 Å². The maximum absolute atomic E-state index is 10.9. The summed E-state index contributed by atoms with van der Waals surface area (Å²) >= 11 is 0. The van der Waals surface area contributed by atoms with E-state index in [0.29, 0.717) is 22.8 Å². The smallest absolute Gasteiger partial charge is 0.358 e. The lowest BCUT2D eigenvalue weighted by Gasteiger charge is -2.15. The third-order valence-corrected chi connectivity index (χ3v) is 3.00. The van der Waals surface area contributed by atoms with Gasteiger partial charge in [0.2, 0.25) is 0 Å². The van der Waals surface area contributed by atoms with E-state index in [4.69, 9.17) is 19.1 Å². The van der Waals surface area contributed by atoms with Gasteiger partial charge in [-0.1, -0.05) is 11.2 Å². The fourth-order valence-electron chi connectivity index (χ4n) is 2.18. The Kier molecular flexibility index (Phi) is 3.65. The number of benzene rings is 1. The number of aryl methyl sites for hydroxylation is 2. The van der Waals surface area contributed by atoms with Gasteiger partial charge in [0.15, 0.2) is 23.0 Å². The third-order valence-electron chi connectivity index (χ3n) is 3.00. The van der Waals surface area contributed by atoms with E-state index >= 15 is 0 Å². The zero-order chi connectivity index (χ0) is 14.9. The number of nitrogens with zero attached hydrogens (tertiary/aromatic N) is 1. The molecule has 20 heavy (non-hydrogen) atoms. The summed E-state index contributed by atoms with van der Waals surface area (Å²) in [5.41, 5.74) is 2.28. The number of carboxylic acid groups (broad SMARTS) is 1. The number of hydrogen-bond acceptors (Lipinski definition) is 5. The SMILES string of the molecule is COc1c(C)cc(C)c(-c2cc(C(=O)O)no2)c1OC. The summed E-state index contributed by atoms with van der Waals surface area (Å²) in [6.07, 6.45) is 0. The van der Waals surface area contributed by atoms with Crippen molar-refractivity contribution in [2.75, 3.05) is 14.2 Å². The molecule has 1 heterocycles. The van der Waals surface area contributed by atoms with Gasteiger partial charge in [-0.15, -0.1) is 0 Å². The monoisotopic (exact) mass is 277 g/mol. The first-order valence-electron chi connectivity index (χ1n) is 5.92. The Morgan fingerprint density at radius 3 is 2.30 bits per heavy atom. The van der Waals surface area contributed by atoms with Crippen LogP contribution >= 0.6 is 0 Å². The molecule has 0 saturated carbocycles. The Bertz CT molecular complexity index is 660. The molecule has 2 rings (SSSR count). The lowest BCUT2D eigenvalue weighted by atomic mass is 10.0. The second-order valence-corrected chi connectivity index (χ2v) is 4.33. The van der Waals surface area contributed by atoms with Crippen LogP contribution in [0.2, 0.25) is 0 Å². The maximum Gasteiger partial charge on any atom is 0.358 e. The van der Waals surface area contributed by atoms with Crippen molar-refractivity contribution in [3.8, 4) is 22.8 Å². The number of rotatable bonds is 4. The van der Waals surface area contributed by atoms with Crippen molar-refractivity contribution in [2.45, 2.75) is 13.8 Å². The zero-order valence-electron chi connectivity index (χ0n) is 11.7. The molecule has 0 radical (unpaired) electrons. The molecule has 0 bridgehead atoms. The molecule has 0 aliphatic heterocycles. The Morgan fingerprint density at radius 1 is 1.15 bits per heavy atom. The highest BCUT2D eigenvalue weighted by molar-refractivity contribution is 5.87. The number of aromatic carboxylic acids is 1. The van der Waals surface area contributed by atoms with Crippen LogP contribution in [0.3, 0.4) is 0 Å². The standard InChI is InChI=1S/C14H15NO5/c1-7-5-8(2)12(18-3)13(19-4)11(7)10-6-9(14(16)17)15-20-10/h5-6H,1-4H3,(H,16,17). The van der Waals surface area contributed by atoms with Gasteiger partial charge in [0.25, 0.3) is 0 Å². The fraction of sp³-hybridized carbons (Fsp3) is 0.286. The van der Waals surface area contributed by atoms with Gasteiger partial charge < -0.3 is 19.1 Å². The minimum Gasteiger partial charge on any atom is -0.493 e. The van der Waals surface area contributed by atoms with E-state index in [2.05, 4.69) is 5.16 Å². The topological polar surface area (TPSA) is 81.8 Å². The predicted octanol–water partition coefficient (Wildman–Crippen LogP) is 2.67. The molecule has 0 fully saturated rings. The van der Waals surface area contributed by atoms with Gasteiger partial charge in [0.05, 0.1) is 19.8 Å². The summed E-state index contributed by atoms with van der Waals surface area (Å²) in [5, 5.41) is 12.4. The first-order valence-corrected chi connectivity index (χ1v) is 5.92. The highest BCUT2D eigenvalue weighted by atomic mass is 16.5. The van der Waals surface area contributed by atoms with Crippen LogP contribution in [0.15, 0.2) is 16.7 Å². The molecule has 0 aliphatic carbocycles. The largest absolute Gasteiger partial charge is 0.493 e. The van der Waals surface area contributed by atoms with E-state index in [9.17, 15) is 4.79 Å². The van der Waals surface area contributed by atoms with Gasteiger partial charge in [-0.3, -0.25) is 0 Å². The lowest BCUT2D eigenvalue weighted by Crippen LogP contribution is -1.98. The van der Waals surface area contributed by atoms with Crippen LogP contribution in [-0.2, 0) is 0 Å². The van der Waals surface area contributed by atoms with Crippen LogP contribution in [0, 0.1) is 13.8 Å². The van der Waals surface area contributed by atoms with Gasteiger partial charge in [-0.25, -0.2) is 4.79 Å². The van der Waals surface area contributed by atoms with Crippen molar-refractivity contribution in [1.82, 2.24) is 5.16 Å². The summed E-state index contributed by atoms with van der Waals surface area (Å²) in [5.74, 6) is 0.269. The Morgan fingerprint density at radius 2 is 1.80 bits per heavy atom. The lowest BCUT2D eigenvalue weighted by molar-refractivity contribution is 0.0686. The van der Waals surface area contributed by atoms with Crippen molar-refractivity contribution in [2.24, 2.45) is 0 Å². The average molecular weight is 277 g/mol. The van der Waals surface area contributed by atoms with Crippen molar-refractivity contribution < 1.29 is 23.9 Å². The van der Waals surface area contributed by atoms with Crippen molar-refractivity contribution in [3.05, 3.63) is 29.0 Å². The first-order chi connectivity index (χ1) is 9.49. The van der Waals surface area contributed by atoms with Gasteiger partial charge in [-0.2, -0.15) is 0 Å². The number of carboxylic acids is 1. The molecule has 1 aromatic carbocycles. The number of hydrogen-bond donors (Lipinski definition) is 1. The Balaban J connectivity index is 2.68. The third kappa shape index (κ3) is 2.20. The molecule has 0 atom stereocenters. The predicted molar refractivity (Wildman–Crippen MR) is 71.5 cm³/mol. The van der Waals surface area contributed by atoms with Crippen LogP contribution in [0.5, 0.6) is 11.5 Å². The van der Waals surface area contributed by atoms with Gasteiger partial charge in [-0.05, 0) is 25.0 Å². The number of aromatic nitrogens is 1. The van der Waals surface area contributed by atoms with Crippen molar-refractivity contribution >= 4 is 5.97 Å². The van der Waals surface area contributed by atoms with E-state index in [0.717, 1.165) is 11.1 Å². The summed E-state index contributed by atoms with van der Waals surface area (Å²) in [7, 11) is 3.07. The molecule has 106 valence electrons. The molecule has 0 saturated heterocycles. The Labute approximate surface area is 115 Å². The molecule has 1 N–H and O–H groups in total. The van der Waals surface area contributed by atoms with Crippen LogP contribution in [-0.4, -0.2) is 30.5 Å². The summed E-state index contributed by atoms with van der Waals surface area (Å²) in [4.78, 5) is 10.9. The first kappa shape index (κ1) is 13.9. The van der Waals surface area contributed by atoms with E-state index in [1.807, 2.05) is 19.9 Å². The Hall–Kier alpha value is -2.50. The zero-order valence-corrected chi connectivity index (χ0v) is 11.7. The van der Waals surface area contributed by atoms with Gasteiger partial charge in [0.1, 0.15) is 0 Å². The fourth-order valence-corrected chi connectivity index (χ4v) is 2.18. The highest BCUT2D eigenvalue weighted by Crippen LogP contribution is 2.42. The molecular weight excluding hydrogens is 262 g/mol. The molecule has 6 nitrogen and oxygen atoms in total. The normalized spacial score (nSPS) is 10.4. The van der Waals surface area contributed by atoms with Crippen LogP contribution in [0.1, 0.15) is 21.6 Å². The molecule has 0 spiro atoms. The van der Waals surface area contributed by atoms with Gasteiger partial charge >= 0.3 is 5.97 Å². The quantitative estimate of drug-likeness (QED) is 0.925. The van der Waals surface area contributed by atoms with E-state index in [1.54, 1.807) is 7.11 Å². The van der Waals surface area contributed by atoms with E-state index in [1.165, 1.54) is 13.2 Å². The number of carbonyl (C=O) groups is 1. The second-order valence-electron chi connectivity index (χ2n) is 4.33. The minimum absolute atomic E-state index is 0.152. The van der Waals surface area contributed by atoms with Crippen molar-refractivity contribution in [1.29, 1.82) is 0 Å².